The average Bonchev–Trinajstić information content (AvgIpc) is 2.67. The Kier molecular flexibility index (Phi) is 5.37. The molecule has 1 aromatic heterocycles. The lowest BCUT2D eigenvalue weighted by Crippen LogP contribution is -2.40. The van der Waals surface area contributed by atoms with Crippen molar-refractivity contribution >= 4 is 29.5 Å². The molecule has 0 saturated carbocycles. The van der Waals surface area contributed by atoms with Crippen molar-refractivity contribution in [3.05, 3.63) is 10.7 Å². The second-order valence-electron chi connectivity index (χ2n) is 7.63. The van der Waals surface area contributed by atoms with E-state index >= 15 is 0 Å². The Labute approximate surface area is 138 Å². The van der Waals surface area contributed by atoms with E-state index in [1.807, 2.05) is 0 Å². The number of nitrogens with zero attached hydrogens (tertiary/aromatic N) is 1. The van der Waals surface area contributed by atoms with E-state index in [0.717, 1.165) is 17.6 Å². The molecule has 0 aromatic carbocycles. The van der Waals surface area contributed by atoms with Crippen LogP contribution in [0.2, 0.25) is 18.1 Å². The summed E-state index contributed by atoms with van der Waals surface area (Å²) in [5, 5.41) is 10.5. The third-order valence-electron chi connectivity index (χ3n) is 3.90. The van der Waals surface area contributed by atoms with Crippen molar-refractivity contribution in [2.75, 3.05) is 6.26 Å². The number of aliphatic hydroxyl groups is 1. The molecule has 0 unspecified atom stereocenters. The van der Waals surface area contributed by atoms with Crippen LogP contribution >= 0.6 is 11.3 Å². The average molecular weight is 366 g/mol. The fraction of sp³-hybridized carbons (Fsp3) is 0.786. The van der Waals surface area contributed by atoms with Gasteiger partial charge in [-0.3, -0.25) is 0 Å². The number of thiazole rings is 1. The first kappa shape index (κ1) is 19.8. The van der Waals surface area contributed by atoms with E-state index in [1.165, 1.54) is 0 Å². The zero-order valence-corrected chi connectivity index (χ0v) is 17.3. The second-order valence-corrected chi connectivity index (χ2v) is 15.7. The van der Waals surface area contributed by atoms with E-state index in [0.29, 0.717) is 10.7 Å². The minimum atomic E-state index is -3.40. The normalized spacial score (nSPS) is 14.4. The van der Waals surface area contributed by atoms with Gasteiger partial charge in [-0.15, -0.1) is 11.3 Å². The first-order valence-electron chi connectivity index (χ1n) is 7.12. The van der Waals surface area contributed by atoms with Gasteiger partial charge >= 0.3 is 0 Å². The maximum atomic E-state index is 12.0. The fourth-order valence-electron chi connectivity index (χ4n) is 1.45. The second kappa shape index (κ2) is 5.97. The molecule has 1 heterocycles. The highest BCUT2D eigenvalue weighted by atomic mass is 32.2. The molecule has 0 atom stereocenters. The summed E-state index contributed by atoms with van der Waals surface area (Å²) >= 11 is 1.02. The zero-order valence-electron chi connectivity index (χ0n) is 14.6. The van der Waals surface area contributed by atoms with Crippen LogP contribution in [-0.4, -0.2) is 33.1 Å². The Morgan fingerprint density at radius 3 is 2.09 bits per heavy atom. The van der Waals surface area contributed by atoms with Crippen LogP contribution in [0.4, 0.5) is 0 Å². The number of hydrogen-bond donors (Lipinski definition) is 1. The van der Waals surface area contributed by atoms with Crippen molar-refractivity contribution < 1.29 is 18.0 Å². The molecule has 128 valence electrons. The predicted molar refractivity (Wildman–Crippen MR) is 92.5 cm³/mol. The molecule has 0 fully saturated rings. The summed E-state index contributed by atoms with van der Waals surface area (Å²) in [4.78, 5) is 4.32. The quantitative estimate of drug-likeness (QED) is 0.810. The van der Waals surface area contributed by atoms with Crippen LogP contribution in [0.15, 0.2) is 4.21 Å². The Bertz CT molecular complexity index is 637. The van der Waals surface area contributed by atoms with Gasteiger partial charge < -0.3 is 9.53 Å². The summed E-state index contributed by atoms with van der Waals surface area (Å²) in [6.45, 7) is 13.9. The first-order valence-corrected chi connectivity index (χ1v) is 12.7. The van der Waals surface area contributed by atoms with Crippen LogP contribution in [-0.2, 0) is 26.5 Å². The van der Waals surface area contributed by atoms with E-state index in [9.17, 15) is 13.5 Å². The van der Waals surface area contributed by atoms with Gasteiger partial charge in [-0.2, -0.15) is 0 Å². The molecular formula is C14H27NO4S2Si. The molecule has 8 heteroatoms. The lowest BCUT2D eigenvalue weighted by atomic mass is 10.2. The van der Waals surface area contributed by atoms with Crippen molar-refractivity contribution in [3.8, 4) is 0 Å². The Balaban J connectivity index is 3.17. The van der Waals surface area contributed by atoms with Gasteiger partial charge in [0, 0.05) is 6.26 Å². The Morgan fingerprint density at radius 2 is 1.73 bits per heavy atom. The van der Waals surface area contributed by atoms with Crippen LogP contribution < -0.4 is 0 Å². The zero-order chi connectivity index (χ0) is 17.6. The maximum absolute atomic E-state index is 12.0. The molecular weight excluding hydrogens is 338 g/mol. The van der Waals surface area contributed by atoms with E-state index in [1.54, 1.807) is 13.8 Å². The van der Waals surface area contributed by atoms with Crippen molar-refractivity contribution in [2.45, 2.75) is 69.2 Å². The summed E-state index contributed by atoms with van der Waals surface area (Å²) in [6.07, 6.45) is 1.16. The van der Waals surface area contributed by atoms with Crippen LogP contribution in [0.1, 0.15) is 45.3 Å². The van der Waals surface area contributed by atoms with Gasteiger partial charge in [-0.25, -0.2) is 13.4 Å². The van der Waals surface area contributed by atoms with E-state index in [2.05, 4.69) is 38.8 Å². The molecule has 0 amide bonds. The molecule has 22 heavy (non-hydrogen) atoms. The minimum Gasteiger partial charge on any atom is -0.411 e. The summed E-state index contributed by atoms with van der Waals surface area (Å²) < 4.78 is 30.2. The molecule has 0 aliphatic rings. The summed E-state index contributed by atoms with van der Waals surface area (Å²) in [7, 11) is -5.39. The lowest BCUT2D eigenvalue weighted by Gasteiger charge is -2.36. The third-order valence-corrected chi connectivity index (χ3v) is 11.6. The lowest BCUT2D eigenvalue weighted by molar-refractivity contribution is 0.0779. The number of aromatic nitrogens is 1. The van der Waals surface area contributed by atoms with E-state index in [4.69, 9.17) is 4.43 Å². The third kappa shape index (κ3) is 4.61. The summed E-state index contributed by atoms with van der Waals surface area (Å²) in [5.74, 6) is 0. The molecule has 0 spiro atoms. The van der Waals surface area contributed by atoms with Crippen molar-refractivity contribution in [1.82, 2.24) is 4.98 Å². The maximum Gasteiger partial charge on any atom is 0.192 e. The van der Waals surface area contributed by atoms with Crippen molar-refractivity contribution in [2.24, 2.45) is 0 Å². The molecule has 0 saturated heterocycles. The summed E-state index contributed by atoms with van der Waals surface area (Å²) in [6, 6.07) is 0. The standard InChI is InChI=1S/C14H27NO4S2Si/c1-13(2,3)22(7,8)19-9-10-11(21(6,17)18)20-12(15-10)14(4,5)16/h16H,9H2,1-8H3. The highest BCUT2D eigenvalue weighted by Crippen LogP contribution is 2.38. The molecule has 1 aromatic rings. The fourth-order valence-corrected chi connectivity index (χ4v) is 4.55. The highest BCUT2D eigenvalue weighted by molar-refractivity contribution is 7.92. The summed E-state index contributed by atoms with van der Waals surface area (Å²) in [5.41, 5.74) is -0.770. The van der Waals surface area contributed by atoms with Crippen LogP contribution in [0, 0.1) is 0 Å². The van der Waals surface area contributed by atoms with Gasteiger partial charge in [0.2, 0.25) is 0 Å². The first-order chi connectivity index (χ1) is 9.56. The van der Waals surface area contributed by atoms with Crippen molar-refractivity contribution in [3.63, 3.8) is 0 Å². The molecule has 0 bridgehead atoms. The molecule has 0 aliphatic carbocycles. The largest absolute Gasteiger partial charge is 0.411 e. The molecule has 0 radical (unpaired) electrons. The van der Waals surface area contributed by atoms with E-state index < -0.39 is 23.8 Å². The molecule has 1 N–H and O–H groups in total. The molecule has 1 rings (SSSR count). The number of hydrogen-bond acceptors (Lipinski definition) is 6. The van der Waals surface area contributed by atoms with E-state index in [-0.39, 0.29) is 15.9 Å². The number of rotatable bonds is 5. The van der Waals surface area contributed by atoms with Crippen LogP contribution in [0.5, 0.6) is 0 Å². The van der Waals surface area contributed by atoms with Crippen LogP contribution in [0.3, 0.4) is 0 Å². The number of sulfone groups is 1. The monoisotopic (exact) mass is 365 g/mol. The van der Waals surface area contributed by atoms with Gasteiger partial charge in [0.25, 0.3) is 0 Å². The highest BCUT2D eigenvalue weighted by Gasteiger charge is 2.38. The topological polar surface area (TPSA) is 76.5 Å². The van der Waals surface area contributed by atoms with Gasteiger partial charge in [-0.05, 0) is 32.0 Å². The smallest absolute Gasteiger partial charge is 0.192 e. The van der Waals surface area contributed by atoms with Crippen molar-refractivity contribution in [1.29, 1.82) is 0 Å². The van der Waals surface area contributed by atoms with Crippen LogP contribution in [0.25, 0.3) is 0 Å². The minimum absolute atomic E-state index is 0.0351. The van der Waals surface area contributed by atoms with Gasteiger partial charge in [0.15, 0.2) is 18.2 Å². The molecule has 5 nitrogen and oxygen atoms in total. The van der Waals surface area contributed by atoms with Gasteiger partial charge in [0.05, 0.1) is 12.3 Å². The molecule has 0 aliphatic heterocycles. The SMILES string of the molecule is CC(C)(O)c1nc(CO[Si](C)(C)C(C)(C)C)c(S(C)(=O)=O)s1. The van der Waals surface area contributed by atoms with Gasteiger partial charge in [-0.1, -0.05) is 20.8 Å². The van der Waals surface area contributed by atoms with Gasteiger partial charge in [0.1, 0.15) is 14.8 Å². The Morgan fingerprint density at radius 1 is 1.23 bits per heavy atom. The predicted octanol–water partition coefficient (Wildman–Crippen LogP) is 3.30. The Hall–Kier alpha value is -0.283.